The molecule has 0 radical (unpaired) electrons. The Balaban J connectivity index is 1.52. The molecule has 29 heavy (non-hydrogen) atoms. The predicted octanol–water partition coefficient (Wildman–Crippen LogP) is 4.79. The topological polar surface area (TPSA) is 80.6 Å². The molecule has 2 N–H and O–H groups in total. The summed E-state index contributed by atoms with van der Waals surface area (Å²) in [5.41, 5.74) is 1.74. The molecule has 0 fully saturated rings. The molecule has 2 amide bonds. The molecule has 0 saturated carbocycles. The van der Waals surface area contributed by atoms with Crippen LogP contribution in [-0.4, -0.2) is 18.4 Å². The Morgan fingerprint density at radius 3 is 2.17 bits per heavy atom. The third-order valence-corrected chi connectivity index (χ3v) is 3.69. The van der Waals surface area contributed by atoms with Crippen molar-refractivity contribution in [2.75, 3.05) is 10.6 Å². The Morgan fingerprint density at radius 1 is 0.931 bits per heavy atom. The number of benzene rings is 2. The van der Waals surface area contributed by atoms with E-state index in [1.807, 2.05) is 0 Å². The number of carbonyl (C=O) groups is 2. The van der Waals surface area contributed by atoms with Gasteiger partial charge in [-0.25, -0.2) is 0 Å². The van der Waals surface area contributed by atoms with Crippen LogP contribution in [0.3, 0.4) is 0 Å². The summed E-state index contributed by atoms with van der Waals surface area (Å²) in [6, 6.07) is 15.6. The second-order valence-corrected chi connectivity index (χ2v) is 5.78. The van der Waals surface area contributed by atoms with Gasteiger partial charge in [0.2, 0.25) is 5.91 Å². The summed E-state index contributed by atoms with van der Waals surface area (Å²) in [7, 11) is 0. The first-order chi connectivity index (χ1) is 14.0. The highest BCUT2D eigenvalue weighted by atomic mass is 19.3. The van der Waals surface area contributed by atoms with Crippen molar-refractivity contribution < 1.29 is 27.5 Å². The van der Waals surface area contributed by atoms with Crippen molar-refractivity contribution in [1.82, 2.24) is 0 Å². The maximum Gasteiger partial charge on any atom is 0.387 e. The highest BCUT2D eigenvalue weighted by Gasteiger charge is 2.08. The number of furan rings is 1. The lowest BCUT2D eigenvalue weighted by Crippen LogP contribution is -2.11. The van der Waals surface area contributed by atoms with Crippen molar-refractivity contribution in [3.63, 3.8) is 0 Å². The molecule has 6 nitrogen and oxygen atoms in total. The molecule has 1 heterocycles. The molecule has 8 heteroatoms. The summed E-state index contributed by atoms with van der Waals surface area (Å²) < 4.78 is 33.5. The quantitative estimate of drug-likeness (QED) is 0.561. The number of carbonyl (C=O) groups excluding carboxylic acids is 2. The second-order valence-electron chi connectivity index (χ2n) is 5.78. The third kappa shape index (κ3) is 6.03. The molecule has 0 aliphatic heterocycles. The number of nitrogens with one attached hydrogen (secondary N) is 2. The molecule has 0 saturated heterocycles. The van der Waals surface area contributed by atoms with Crippen LogP contribution in [0.2, 0.25) is 0 Å². The van der Waals surface area contributed by atoms with Crippen LogP contribution in [0.15, 0.2) is 77.4 Å². The summed E-state index contributed by atoms with van der Waals surface area (Å²) in [6.07, 6.45) is 4.27. The van der Waals surface area contributed by atoms with Crippen LogP contribution < -0.4 is 15.4 Å². The lowest BCUT2D eigenvalue weighted by atomic mass is 10.2. The van der Waals surface area contributed by atoms with Gasteiger partial charge in [-0.15, -0.1) is 0 Å². The van der Waals surface area contributed by atoms with E-state index < -0.39 is 6.61 Å². The Labute approximate surface area is 164 Å². The molecule has 0 spiro atoms. The van der Waals surface area contributed by atoms with Crippen LogP contribution in [0, 0.1) is 0 Å². The number of amides is 2. The van der Waals surface area contributed by atoms with E-state index >= 15 is 0 Å². The maximum absolute atomic E-state index is 12.1. The highest BCUT2D eigenvalue weighted by Crippen LogP contribution is 2.17. The summed E-state index contributed by atoms with van der Waals surface area (Å²) in [4.78, 5) is 23.9. The SMILES string of the molecule is O=C(/C=C/c1ccc(OC(F)F)cc1)Nc1ccc(NC(=O)c2ccco2)cc1. The Kier molecular flexibility index (Phi) is 6.36. The first kappa shape index (κ1) is 19.8. The molecule has 0 aliphatic carbocycles. The van der Waals surface area contributed by atoms with Gasteiger partial charge in [-0.2, -0.15) is 8.78 Å². The molecule has 0 bridgehead atoms. The molecular formula is C21H16F2N2O4. The molecule has 3 aromatic rings. The predicted molar refractivity (Wildman–Crippen MR) is 104 cm³/mol. The number of hydrogen-bond donors (Lipinski definition) is 2. The van der Waals surface area contributed by atoms with Gasteiger partial charge in [0.25, 0.3) is 5.91 Å². The van der Waals surface area contributed by atoms with E-state index in [0.29, 0.717) is 16.9 Å². The van der Waals surface area contributed by atoms with E-state index in [2.05, 4.69) is 15.4 Å². The van der Waals surface area contributed by atoms with Crippen LogP contribution in [-0.2, 0) is 4.79 Å². The largest absolute Gasteiger partial charge is 0.459 e. The summed E-state index contributed by atoms with van der Waals surface area (Å²) in [5, 5.41) is 5.35. The maximum atomic E-state index is 12.1. The average Bonchev–Trinajstić information content (AvgIpc) is 3.24. The zero-order chi connectivity index (χ0) is 20.6. The van der Waals surface area contributed by atoms with Crippen molar-refractivity contribution in [2.45, 2.75) is 6.61 Å². The Hall–Kier alpha value is -3.94. The van der Waals surface area contributed by atoms with Crippen molar-refractivity contribution in [3.05, 3.63) is 84.3 Å². The van der Waals surface area contributed by atoms with Gasteiger partial charge in [-0.1, -0.05) is 12.1 Å². The molecule has 2 aromatic carbocycles. The fourth-order valence-corrected chi connectivity index (χ4v) is 2.35. The molecule has 1 aromatic heterocycles. The van der Waals surface area contributed by atoms with Gasteiger partial charge in [0, 0.05) is 17.5 Å². The molecule has 148 valence electrons. The summed E-state index contributed by atoms with van der Waals surface area (Å²) in [5.74, 6) is -0.507. The van der Waals surface area contributed by atoms with Gasteiger partial charge in [0.1, 0.15) is 5.75 Å². The van der Waals surface area contributed by atoms with Crippen molar-refractivity contribution in [2.24, 2.45) is 0 Å². The number of ether oxygens (including phenoxy) is 1. The Morgan fingerprint density at radius 2 is 1.59 bits per heavy atom. The van der Waals surface area contributed by atoms with Crippen LogP contribution >= 0.6 is 0 Å². The van der Waals surface area contributed by atoms with Crippen molar-refractivity contribution in [1.29, 1.82) is 0 Å². The summed E-state index contributed by atoms with van der Waals surface area (Å²) >= 11 is 0. The fraction of sp³-hybridized carbons (Fsp3) is 0.0476. The van der Waals surface area contributed by atoms with Crippen molar-refractivity contribution in [3.8, 4) is 5.75 Å². The number of hydrogen-bond acceptors (Lipinski definition) is 4. The van der Waals surface area contributed by atoms with Crippen molar-refractivity contribution >= 4 is 29.3 Å². The van der Waals surface area contributed by atoms with Gasteiger partial charge in [0.05, 0.1) is 6.26 Å². The zero-order valence-electron chi connectivity index (χ0n) is 15.0. The van der Waals surface area contributed by atoms with Gasteiger partial charge in [-0.3, -0.25) is 9.59 Å². The molecular weight excluding hydrogens is 382 g/mol. The first-order valence-corrected chi connectivity index (χ1v) is 8.48. The minimum Gasteiger partial charge on any atom is -0.459 e. The van der Waals surface area contributed by atoms with Crippen LogP contribution in [0.4, 0.5) is 20.2 Å². The number of alkyl halides is 2. The van der Waals surface area contributed by atoms with E-state index in [1.165, 1.54) is 24.5 Å². The third-order valence-electron chi connectivity index (χ3n) is 3.69. The fourth-order valence-electron chi connectivity index (χ4n) is 2.35. The van der Waals surface area contributed by atoms with E-state index in [0.717, 1.165) is 0 Å². The number of halogens is 2. The average molecular weight is 398 g/mol. The van der Waals surface area contributed by atoms with Crippen LogP contribution in [0.5, 0.6) is 5.75 Å². The molecule has 0 atom stereocenters. The van der Waals surface area contributed by atoms with Crippen LogP contribution in [0.25, 0.3) is 6.08 Å². The van der Waals surface area contributed by atoms with E-state index in [-0.39, 0.29) is 23.3 Å². The van der Waals surface area contributed by atoms with E-state index in [1.54, 1.807) is 54.6 Å². The number of rotatable bonds is 7. The minimum absolute atomic E-state index is 0.0424. The lowest BCUT2D eigenvalue weighted by molar-refractivity contribution is -0.111. The molecule has 3 rings (SSSR count). The van der Waals surface area contributed by atoms with Gasteiger partial charge >= 0.3 is 6.61 Å². The van der Waals surface area contributed by atoms with Crippen LogP contribution in [0.1, 0.15) is 16.1 Å². The standard InChI is InChI=1S/C21H16F2N2O4/c22-21(23)29-17-10-3-14(4-11-17)5-12-19(26)24-15-6-8-16(9-7-15)25-20(27)18-2-1-13-28-18/h1-13,21H,(H,24,26)(H,25,27)/b12-5+. The lowest BCUT2D eigenvalue weighted by Gasteiger charge is -2.06. The monoisotopic (exact) mass is 398 g/mol. The Bertz CT molecular complexity index is 983. The highest BCUT2D eigenvalue weighted by molar-refractivity contribution is 6.03. The molecule has 0 unspecified atom stereocenters. The van der Waals surface area contributed by atoms with Gasteiger partial charge in [-0.05, 0) is 60.2 Å². The normalized spacial score (nSPS) is 10.9. The zero-order valence-corrected chi connectivity index (χ0v) is 15.0. The van der Waals surface area contributed by atoms with Gasteiger partial charge < -0.3 is 19.8 Å². The van der Waals surface area contributed by atoms with E-state index in [9.17, 15) is 18.4 Å². The summed E-state index contributed by atoms with van der Waals surface area (Å²) in [6.45, 7) is -2.88. The minimum atomic E-state index is -2.88. The first-order valence-electron chi connectivity index (χ1n) is 8.48. The van der Waals surface area contributed by atoms with E-state index in [4.69, 9.17) is 4.42 Å². The second kappa shape index (κ2) is 9.32. The smallest absolute Gasteiger partial charge is 0.387 e. The number of anilines is 2. The van der Waals surface area contributed by atoms with Gasteiger partial charge in [0.15, 0.2) is 5.76 Å². The molecule has 0 aliphatic rings.